The molecule has 1 saturated carbocycles. The number of aliphatic hydroxyl groups excluding tert-OH is 1. The van der Waals surface area contributed by atoms with Crippen molar-refractivity contribution < 1.29 is 9.50 Å². The summed E-state index contributed by atoms with van der Waals surface area (Å²) in [7, 11) is 0. The molecular formula is C21H28FN7O. The van der Waals surface area contributed by atoms with Gasteiger partial charge in [-0.15, -0.1) is 0 Å². The van der Waals surface area contributed by atoms with Gasteiger partial charge in [0.15, 0.2) is 0 Å². The molecule has 3 aliphatic rings. The fourth-order valence-corrected chi connectivity index (χ4v) is 4.06. The quantitative estimate of drug-likeness (QED) is 0.684. The number of pyridine rings is 1. The molecule has 5 rings (SSSR count). The zero-order valence-electron chi connectivity index (χ0n) is 17.0. The molecule has 4 heterocycles. The predicted octanol–water partition coefficient (Wildman–Crippen LogP) is 1.81. The molecule has 30 heavy (non-hydrogen) atoms. The number of halogens is 1. The third kappa shape index (κ3) is 4.32. The van der Waals surface area contributed by atoms with Gasteiger partial charge in [0.1, 0.15) is 23.6 Å². The first-order valence-corrected chi connectivity index (χ1v) is 10.8. The van der Waals surface area contributed by atoms with Gasteiger partial charge in [0.25, 0.3) is 0 Å². The van der Waals surface area contributed by atoms with Gasteiger partial charge in [0, 0.05) is 56.5 Å². The van der Waals surface area contributed by atoms with E-state index in [0.29, 0.717) is 36.3 Å². The van der Waals surface area contributed by atoms with Gasteiger partial charge >= 0.3 is 0 Å². The number of piperazine rings is 1. The van der Waals surface area contributed by atoms with Crippen molar-refractivity contribution in [3.8, 4) is 0 Å². The zero-order valence-corrected chi connectivity index (χ0v) is 17.0. The second-order valence-corrected chi connectivity index (χ2v) is 8.35. The van der Waals surface area contributed by atoms with Crippen LogP contribution in [0, 0.1) is 0 Å². The van der Waals surface area contributed by atoms with Crippen LogP contribution in [0.3, 0.4) is 0 Å². The Balaban J connectivity index is 1.41. The lowest BCUT2D eigenvalue weighted by Gasteiger charge is -2.35. The molecule has 0 radical (unpaired) electrons. The molecule has 2 aromatic rings. The average Bonchev–Trinajstić information content (AvgIpc) is 3.62. The topological polar surface area (TPSA) is 89.4 Å². The fourth-order valence-electron chi connectivity index (χ4n) is 4.06. The number of nitrogens with zero attached hydrogens (tertiary/aromatic N) is 5. The number of rotatable bonds is 5. The minimum atomic E-state index is -1.26. The van der Waals surface area contributed by atoms with Crippen LogP contribution in [0.25, 0.3) is 0 Å². The number of alkyl halides is 1. The maximum Gasteiger partial charge on any atom is 0.150 e. The Hall–Kier alpha value is -2.52. The van der Waals surface area contributed by atoms with Crippen LogP contribution in [0.1, 0.15) is 30.9 Å². The first kappa shape index (κ1) is 19.4. The summed E-state index contributed by atoms with van der Waals surface area (Å²) in [5.74, 6) is 2.59. The highest BCUT2D eigenvalue weighted by molar-refractivity contribution is 5.65. The van der Waals surface area contributed by atoms with Crippen molar-refractivity contribution in [2.75, 3.05) is 54.4 Å². The molecule has 2 saturated heterocycles. The van der Waals surface area contributed by atoms with Crippen molar-refractivity contribution in [3.05, 3.63) is 30.2 Å². The highest BCUT2D eigenvalue weighted by Crippen LogP contribution is 2.38. The van der Waals surface area contributed by atoms with Crippen LogP contribution in [0.5, 0.6) is 0 Å². The van der Waals surface area contributed by atoms with Crippen LogP contribution in [0.4, 0.5) is 27.5 Å². The molecule has 3 N–H and O–H groups in total. The molecule has 0 amide bonds. The van der Waals surface area contributed by atoms with Crippen molar-refractivity contribution in [3.63, 3.8) is 0 Å². The molecule has 0 aromatic carbocycles. The van der Waals surface area contributed by atoms with Crippen LogP contribution in [-0.4, -0.2) is 71.6 Å². The molecular weight excluding hydrogens is 385 g/mol. The molecule has 1 aliphatic carbocycles. The molecule has 9 heteroatoms. The summed E-state index contributed by atoms with van der Waals surface area (Å²) >= 11 is 0. The summed E-state index contributed by atoms with van der Waals surface area (Å²) < 4.78 is 14.2. The normalized spacial score (nSPS) is 24.7. The first-order chi connectivity index (χ1) is 14.7. The smallest absolute Gasteiger partial charge is 0.150 e. The third-order valence-corrected chi connectivity index (χ3v) is 6.03. The number of hydrogen-bond acceptors (Lipinski definition) is 8. The van der Waals surface area contributed by atoms with Crippen molar-refractivity contribution in [2.45, 2.75) is 37.5 Å². The predicted molar refractivity (Wildman–Crippen MR) is 114 cm³/mol. The number of aromatic nitrogens is 3. The number of aliphatic hydroxyl groups is 1. The standard InChI is InChI=1S/C21H28FN7O/c22-16-13-29(6-3-18(16)30)21-10-15(28-7-4-23-5-8-28)9-19(27-21)26-20-12-24-17(11-25-20)14-1-2-14/h9-12,14,16,18,23,30H,1-8,13H2,(H,25,26,27)/t16-,18+/m1/s1. The van der Waals surface area contributed by atoms with Crippen molar-refractivity contribution >= 4 is 23.1 Å². The number of piperidine rings is 1. The summed E-state index contributed by atoms with van der Waals surface area (Å²) in [5, 5.41) is 16.4. The van der Waals surface area contributed by atoms with Crippen LogP contribution in [0.15, 0.2) is 24.5 Å². The lowest BCUT2D eigenvalue weighted by molar-refractivity contribution is 0.0614. The highest BCUT2D eigenvalue weighted by Gasteiger charge is 2.29. The van der Waals surface area contributed by atoms with E-state index in [9.17, 15) is 9.50 Å². The third-order valence-electron chi connectivity index (χ3n) is 6.03. The Kier molecular flexibility index (Phi) is 5.39. The van der Waals surface area contributed by atoms with Crippen molar-refractivity contribution in [2.24, 2.45) is 0 Å². The minimum Gasteiger partial charge on any atom is -0.390 e. The second kappa shape index (κ2) is 8.31. The lowest BCUT2D eigenvalue weighted by atomic mass is 10.1. The Morgan fingerprint density at radius 1 is 1.00 bits per heavy atom. The molecule has 160 valence electrons. The number of nitrogens with one attached hydrogen (secondary N) is 2. The van der Waals surface area contributed by atoms with Gasteiger partial charge in [0.05, 0.1) is 30.7 Å². The van der Waals surface area contributed by atoms with Crippen LogP contribution < -0.4 is 20.4 Å². The molecule has 2 aromatic heterocycles. The van der Waals surface area contributed by atoms with E-state index in [1.165, 1.54) is 12.8 Å². The van der Waals surface area contributed by atoms with E-state index in [0.717, 1.165) is 37.6 Å². The average molecular weight is 414 g/mol. The largest absolute Gasteiger partial charge is 0.390 e. The molecule has 0 spiro atoms. The Bertz CT molecular complexity index is 870. The van der Waals surface area contributed by atoms with E-state index in [-0.39, 0.29) is 6.54 Å². The minimum absolute atomic E-state index is 0.147. The van der Waals surface area contributed by atoms with E-state index >= 15 is 0 Å². The molecule has 2 aliphatic heterocycles. The van der Waals surface area contributed by atoms with E-state index in [4.69, 9.17) is 4.98 Å². The van der Waals surface area contributed by atoms with Crippen LogP contribution in [-0.2, 0) is 0 Å². The fraction of sp³-hybridized carbons (Fsp3) is 0.571. The van der Waals surface area contributed by atoms with Gasteiger partial charge in [-0.3, -0.25) is 4.98 Å². The highest BCUT2D eigenvalue weighted by atomic mass is 19.1. The Labute approximate surface area is 175 Å². The summed E-state index contributed by atoms with van der Waals surface area (Å²) in [4.78, 5) is 18.0. The first-order valence-electron chi connectivity index (χ1n) is 10.8. The maximum atomic E-state index is 14.2. The van der Waals surface area contributed by atoms with Gasteiger partial charge in [0.2, 0.25) is 0 Å². The van der Waals surface area contributed by atoms with E-state index in [2.05, 4.69) is 25.5 Å². The Morgan fingerprint density at radius 2 is 1.83 bits per heavy atom. The molecule has 0 bridgehead atoms. The van der Waals surface area contributed by atoms with Crippen LogP contribution in [0.2, 0.25) is 0 Å². The number of hydrogen-bond donors (Lipinski definition) is 3. The SMILES string of the molecule is O[C@H]1CCN(c2cc(N3CCNCC3)cc(Nc3cnc(C4CC4)cn3)n2)C[C@H]1F. The molecule has 3 fully saturated rings. The van der Waals surface area contributed by atoms with Gasteiger partial charge in [-0.05, 0) is 19.3 Å². The lowest BCUT2D eigenvalue weighted by Crippen LogP contribution is -2.45. The maximum absolute atomic E-state index is 14.2. The monoisotopic (exact) mass is 413 g/mol. The molecule has 8 nitrogen and oxygen atoms in total. The van der Waals surface area contributed by atoms with E-state index < -0.39 is 12.3 Å². The molecule has 2 atom stereocenters. The van der Waals surface area contributed by atoms with E-state index in [1.807, 2.05) is 23.2 Å². The van der Waals surface area contributed by atoms with Crippen LogP contribution >= 0.6 is 0 Å². The molecule has 0 unspecified atom stereocenters. The summed E-state index contributed by atoms with van der Waals surface area (Å²) in [6, 6.07) is 4.03. The van der Waals surface area contributed by atoms with Gasteiger partial charge in [-0.2, -0.15) is 0 Å². The summed E-state index contributed by atoms with van der Waals surface area (Å²) in [5.41, 5.74) is 2.10. The van der Waals surface area contributed by atoms with Gasteiger partial charge < -0.3 is 25.5 Å². The Morgan fingerprint density at radius 3 is 2.53 bits per heavy atom. The summed E-state index contributed by atoms with van der Waals surface area (Å²) in [6.45, 7) is 4.39. The van der Waals surface area contributed by atoms with Gasteiger partial charge in [-0.25, -0.2) is 14.4 Å². The number of anilines is 4. The van der Waals surface area contributed by atoms with E-state index in [1.54, 1.807) is 6.20 Å². The van der Waals surface area contributed by atoms with Crippen molar-refractivity contribution in [1.29, 1.82) is 0 Å². The summed E-state index contributed by atoms with van der Waals surface area (Å²) in [6.07, 6.45) is 4.22. The van der Waals surface area contributed by atoms with Gasteiger partial charge in [-0.1, -0.05) is 0 Å². The second-order valence-electron chi connectivity index (χ2n) is 8.35. The van der Waals surface area contributed by atoms with Crippen molar-refractivity contribution in [1.82, 2.24) is 20.3 Å². The zero-order chi connectivity index (χ0) is 20.5.